The van der Waals surface area contributed by atoms with Crippen molar-refractivity contribution in [3.63, 3.8) is 0 Å². The smallest absolute Gasteiger partial charge is 0.227 e. The van der Waals surface area contributed by atoms with Crippen LogP contribution in [0.3, 0.4) is 0 Å². The van der Waals surface area contributed by atoms with Crippen LogP contribution in [-0.2, 0) is 11.2 Å². The lowest BCUT2D eigenvalue weighted by Gasteiger charge is -2.21. The molecule has 3 rings (SSSR count). The molecule has 0 aromatic heterocycles. The fourth-order valence-electron chi connectivity index (χ4n) is 3.32. The van der Waals surface area contributed by atoms with E-state index in [0.717, 1.165) is 43.4 Å². The van der Waals surface area contributed by atoms with Gasteiger partial charge in [-0.2, -0.15) is 0 Å². The number of hydrogen-bond acceptors (Lipinski definition) is 2. The van der Waals surface area contributed by atoms with Gasteiger partial charge in [0.05, 0.1) is 12.0 Å². The Morgan fingerprint density at radius 1 is 1.00 bits per heavy atom. The summed E-state index contributed by atoms with van der Waals surface area (Å²) < 4.78 is 0. The number of amides is 1. The van der Waals surface area contributed by atoms with E-state index < -0.39 is 5.60 Å². The number of nitrogens with one attached hydrogen (secondary N) is 1. The quantitative estimate of drug-likeness (QED) is 0.879. The standard InChI is InChI=1S/C20H23NO2/c22-19(15-20(23)12-6-7-13-20)21-18-11-5-4-10-17(18)14-16-8-2-1-3-9-16/h1-5,8-11,23H,6-7,12-15H2,(H,21,22). The van der Waals surface area contributed by atoms with Gasteiger partial charge in [0, 0.05) is 5.69 Å². The predicted molar refractivity (Wildman–Crippen MR) is 92.4 cm³/mol. The van der Waals surface area contributed by atoms with Crippen LogP contribution >= 0.6 is 0 Å². The zero-order valence-corrected chi connectivity index (χ0v) is 13.3. The molecule has 2 aromatic carbocycles. The van der Waals surface area contributed by atoms with Crippen LogP contribution in [-0.4, -0.2) is 16.6 Å². The van der Waals surface area contributed by atoms with E-state index in [4.69, 9.17) is 0 Å². The average molecular weight is 309 g/mol. The van der Waals surface area contributed by atoms with Crippen LogP contribution in [0.25, 0.3) is 0 Å². The molecule has 0 heterocycles. The summed E-state index contributed by atoms with van der Waals surface area (Å²) in [5, 5.41) is 13.4. The summed E-state index contributed by atoms with van der Waals surface area (Å²) in [7, 11) is 0. The van der Waals surface area contributed by atoms with Crippen molar-refractivity contribution in [3.8, 4) is 0 Å². The highest BCUT2D eigenvalue weighted by molar-refractivity contribution is 5.92. The van der Waals surface area contributed by atoms with Crippen molar-refractivity contribution >= 4 is 11.6 Å². The molecular formula is C20H23NO2. The van der Waals surface area contributed by atoms with Gasteiger partial charge in [0.2, 0.25) is 5.91 Å². The molecule has 1 amide bonds. The van der Waals surface area contributed by atoms with E-state index >= 15 is 0 Å². The molecule has 0 atom stereocenters. The van der Waals surface area contributed by atoms with Crippen molar-refractivity contribution in [2.45, 2.75) is 44.1 Å². The predicted octanol–water partition coefficient (Wildman–Crippen LogP) is 3.91. The van der Waals surface area contributed by atoms with Crippen LogP contribution in [0.1, 0.15) is 43.2 Å². The zero-order valence-electron chi connectivity index (χ0n) is 13.3. The molecule has 3 nitrogen and oxygen atoms in total. The molecule has 0 saturated heterocycles. The molecule has 3 heteroatoms. The molecule has 1 aliphatic carbocycles. The summed E-state index contributed by atoms with van der Waals surface area (Å²) in [6, 6.07) is 18.1. The van der Waals surface area contributed by atoms with Crippen molar-refractivity contribution in [1.82, 2.24) is 0 Å². The maximum atomic E-state index is 12.3. The van der Waals surface area contributed by atoms with Gasteiger partial charge < -0.3 is 10.4 Å². The van der Waals surface area contributed by atoms with Gasteiger partial charge in [-0.1, -0.05) is 61.4 Å². The van der Waals surface area contributed by atoms with Gasteiger partial charge in [0.1, 0.15) is 0 Å². The molecule has 2 N–H and O–H groups in total. The van der Waals surface area contributed by atoms with Crippen molar-refractivity contribution < 1.29 is 9.90 Å². The molecular weight excluding hydrogens is 286 g/mol. The molecule has 1 saturated carbocycles. The molecule has 23 heavy (non-hydrogen) atoms. The van der Waals surface area contributed by atoms with E-state index in [9.17, 15) is 9.90 Å². The Labute approximate surface area is 137 Å². The van der Waals surface area contributed by atoms with Crippen LogP contribution in [0.4, 0.5) is 5.69 Å². The van der Waals surface area contributed by atoms with E-state index in [1.165, 1.54) is 5.56 Å². The number of benzene rings is 2. The molecule has 2 aromatic rings. The van der Waals surface area contributed by atoms with Gasteiger partial charge in [-0.25, -0.2) is 0 Å². The monoisotopic (exact) mass is 309 g/mol. The van der Waals surface area contributed by atoms with E-state index in [2.05, 4.69) is 17.4 Å². The van der Waals surface area contributed by atoms with E-state index in [1.807, 2.05) is 42.5 Å². The van der Waals surface area contributed by atoms with Crippen LogP contribution in [0.2, 0.25) is 0 Å². The Balaban J connectivity index is 1.69. The average Bonchev–Trinajstić information content (AvgIpc) is 2.96. The summed E-state index contributed by atoms with van der Waals surface area (Å²) in [5.41, 5.74) is 2.33. The van der Waals surface area contributed by atoms with Crippen LogP contribution in [0.15, 0.2) is 54.6 Å². The second kappa shape index (κ2) is 6.97. The maximum Gasteiger partial charge on any atom is 0.227 e. The molecule has 0 spiro atoms. The molecule has 1 fully saturated rings. The van der Waals surface area contributed by atoms with Gasteiger partial charge in [-0.3, -0.25) is 4.79 Å². The second-order valence-electron chi connectivity index (χ2n) is 6.48. The minimum absolute atomic E-state index is 0.102. The molecule has 0 radical (unpaired) electrons. The fraction of sp³-hybridized carbons (Fsp3) is 0.350. The first-order chi connectivity index (χ1) is 11.1. The number of rotatable bonds is 5. The number of anilines is 1. The van der Waals surface area contributed by atoms with Crippen LogP contribution in [0.5, 0.6) is 0 Å². The van der Waals surface area contributed by atoms with E-state index in [-0.39, 0.29) is 12.3 Å². The highest BCUT2D eigenvalue weighted by Gasteiger charge is 2.33. The molecule has 0 aliphatic heterocycles. The Morgan fingerprint density at radius 2 is 1.65 bits per heavy atom. The number of hydrogen-bond donors (Lipinski definition) is 2. The zero-order chi connectivity index (χ0) is 16.1. The maximum absolute atomic E-state index is 12.3. The minimum Gasteiger partial charge on any atom is -0.389 e. The summed E-state index contributed by atoms with van der Waals surface area (Å²) in [6.07, 6.45) is 4.44. The van der Waals surface area contributed by atoms with Gasteiger partial charge in [0.25, 0.3) is 0 Å². The first-order valence-electron chi connectivity index (χ1n) is 8.29. The normalized spacial score (nSPS) is 16.2. The minimum atomic E-state index is -0.807. The van der Waals surface area contributed by atoms with Gasteiger partial charge in [0.15, 0.2) is 0 Å². The van der Waals surface area contributed by atoms with Crippen LogP contribution in [0, 0.1) is 0 Å². The third-order valence-electron chi connectivity index (χ3n) is 4.55. The topological polar surface area (TPSA) is 49.3 Å². The number of carbonyl (C=O) groups is 1. The van der Waals surface area contributed by atoms with Crippen molar-refractivity contribution in [3.05, 3.63) is 65.7 Å². The fourth-order valence-corrected chi connectivity index (χ4v) is 3.32. The van der Waals surface area contributed by atoms with Gasteiger partial charge in [-0.15, -0.1) is 0 Å². The third-order valence-corrected chi connectivity index (χ3v) is 4.55. The molecule has 120 valence electrons. The summed E-state index contributed by atoms with van der Waals surface area (Å²) >= 11 is 0. The number of para-hydroxylation sites is 1. The van der Waals surface area contributed by atoms with Crippen molar-refractivity contribution in [2.24, 2.45) is 0 Å². The Kier molecular flexibility index (Phi) is 4.77. The van der Waals surface area contributed by atoms with Gasteiger partial charge in [-0.05, 0) is 36.5 Å². The lowest BCUT2D eigenvalue weighted by molar-refractivity contribution is -0.120. The summed E-state index contributed by atoms with van der Waals surface area (Å²) in [5.74, 6) is -0.102. The third kappa shape index (κ3) is 4.20. The highest BCUT2D eigenvalue weighted by Crippen LogP contribution is 2.32. The summed E-state index contributed by atoms with van der Waals surface area (Å²) in [4.78, 5) is 12.3. The Hall–Kier alpha value is -2.13. The summed E-state index contributed by atoms with van der Waals surface area (Å²) in [6.45, 7) is 0. The SMILES string of the molecule is O=C(CC1(O)CCCC1)Nc1ccccc1Cc1ccccc1. The van der Waals surface area contributed by atoms with E-state index in [1.54, 1.807) is 0 Å². The largest absolute Gasteiger partial charge is 0.389 e. The lowest BCUT2D eigenvalue weighted by atomic mass is 9.97. The molecule has 1 aliphatic rings. The van der Waals surface area contributed by atoms with E-state index in [0.29, 0.717) is 0 Å². The van der Waals surface area contributed by atoms with Crippen LogP contribution < -0.4 is 5.32 Å². The van der Waals surface area contributed by atoms with Crippen molar-refractivity contribution in [1.29, 1.82) is 0 Å². The first kappa shape index (κ1) is 15.8. The number of aliphatic hydroxyl groups is 1. The molecule has 0 unspecified atom stereocenters. The highest BCUT2D eigenvalue weighted by atomic mass is 16.3. The first-order valence-corrected chi connectivity index (χ1v) is 8.29. The number of carbonyl (C=O) groups excluding carboxylic acids is 1. The van der Waals surface area contributed by atoms with Crippen molar-refractivity contribution in [2.75, 3.05) is 5.32 Å². The lowest BCUT2D eigenvalue weighted by Crippen LogP contribution is -2.30. The molecule has 0 bridgehead atoms. The Morgan fingerprint density at radius 3 is 2.39 bits per heavy atom. The van der Waals surface area contributed by atoms with Gasteiger partial charge >= 0.3 is 0 Å². The second-order valence-corrected chi connectivity index (χ2v) is 6.48. The Bertz CT molecular complexity index is 660.